The lowest BCUT2D eigenvalue weighted by Gasteiger charge is -2.15. The number of nitrogens with one attached hydrogen (secondary N) is 1. The molecule has 0 aliphatic heterocycles. The van der Waals surface area contributed by atoms with E-state index in [1.54, 1.807) is 0 Å². The molecule has 1 unspecified atom stereocenters. The SMILES string of the molecule is CCCCC(Cc1c[nH]c2c(Cl)cccc12)C(=O)CCCC=O. The smallest absolute Gasteiger partial charge is 0.136 e. The highest BCUT2D eigenvalue weighted by molar-refractivity contribution is 6.35. The van der Waals surface area contributed by atoms with E-state index < -0.39 is 0 Å². The minimum atomic E-state index is 0.0274. The van der Waals surface area contributed by atoms with Crippen molar-refractivity contribution in [2.24, 2.45) is 5.92 Å². The molecule has 1 heterocycles. The molecule has 23 heavy (non-hydrogen) atoms. The number of H-pyrrole nitrogens is 1. The average Bonchev–Trinajstić information content (AvgIpc) is 2.96. The van der Waals surface area contributed by atoms with Gasteiger partial charge in [0.1, 0.15) is 12.1 Å². The summed E-state index contributed by atoms with van der Waals surface area (Å²) < 4.78 is 0. The average molecular weight is 334 g/mol. The van der Waals surface area contributed by atoms with Gasteiger partial charge in [0.2, 0.25) is 0 Å². The number of fused-ring (bicyclic) bond motifs is 1. The molecule has 1 atom stereocenters. The van der Waals surface area contributed by atoms with Crippen LogP contribution in [0.15, 0.2) is 24.4 Å². The van der Waals surface area contributed by atoms with Gasteiger partial charge in [0.15, 0.2) is 0 Å². The lowest BCUT2D eigenvalue weighted by molar-refractivity contribution is -0.123. The molecule has 4 heteroatoms. The largest absolute Gasteiger partial charge is 0.360 e. The number of benzene rings is 1. The van der Waals surface area contributed by atoms with E-state index in [0.29, 0.717) is 24.3 Å². The number of aromatic amines is 1. The lowest BCUT2D eigenvalue weighted by atomic mass is 9.88. The van der Waals surface area contributed by atoms with Crippen LogP contribution in [-0.2, 0) is 16.0 Å². The van der Waals surface area contributed by atoms with Gasteiger partial charge in [-0.05, 0) is 30.9 Å². The zero-order valence-corrected chi connectivity index (χ0v) is 14.4. The second-order valence-corrected chi connectivity index (χ2v) is 6.45. The number of Topliss-reactive ketones (excluding diaryl/α,β-unsaturated/α-hetero) is 1. The summed E-state index contributed by atoms with van der Waals surface area (Å²) in [6.07, 6.45) is 8.25. The number of carbonyl (C=O) groups excluding carboxylic acids is 2. The van der Waals surface area contributed by atoms with E-state index in [1.165, 1.54) is 0 Å². The topological polar surface area (TPSA) is 49.9 Å². The van der Waals surface area contributed by atoms with E-state index in [-0.39, 0.29) is 11.7 Å². The molecule has 0 aliphatic rings. The molecule has 1 aromatic heterocycles. The van der Waals surface area contributed by atoms with Gasteiger partial charge < -0.3 is 9.78 Å². The van der Waals surface area contributed by atoms with Crippen molar-refractivity contribution >= 4 is 34.6 Å². The Kier molecular flexibility index (Phi) is 6.85. The third kappa shape index (κ3) is 4.68. The van der Waals surface area contributed by atoms with E-state index in [2.05, 4.69) is 11.9 Å². The number of aromatic nitrogens is 1. The molecule has 1 N–H and O–H groups in total. The van der Waals surface area contributed by atoms with Gasteiger partial charge in [-0.25, -0.2) is 0 Å². The fourth-order valence-electron chi connectivity index (χ4n) is 3.00. The molecular weight excluding hydrogens is 310 g/mol. The molecule has 0 aliphatic carbocycles. The number of carbonyl (C=O) groups is 2. The highest BCUT2D eigenvalue weighted by Crippen LogP contribution is 2.28. The van der Waals surface area contributed by atoms with Crippen LogP contribution < -0.4 is 0 Å². The van der Waals surface area contributed by atoms with Crippen LogP contribution in [0, 0.1) is 5.92 Å². The van der Waals surface area contributed by atoms with Crippen LogP contribution in [0.3, 0.4) is 0 Å². The van der Waals surface area contributed by atoms with Crippen LogP contribution in [0.1, 0.15) is 51.0 Å². The Morgan fingerprint density at radius 3 is 2.91 bits per heavy atom. The van der Waals surface area contributed by atoms with Gasteiger partial charge in [0.05, 0.1) is 10.5 Å². The fourth-order valence-corrected chi connectivity index (χ4v) is 3.23. The summed E-state index contributed by atoms with van der Waals surface area (Å²) >= 11 is 6.21. The number of unbranched alkanes of at least 4 members (excludes halogenated alkanes) is 2. The fraction of sp³-hybridized carbons (Fsp3) is 0.474. The molecule has 124 valence electrons. The van der Waals surface area contributed by atoms with Crippen LogP contribution in [0.2, 0.25) is 5.02 Å². The minimum absolute atomic E-state index is 0.0274. The number of hydrogen-bond donors (Lipinski definition) is 1. The first kappa shape index (κ1) is 17.7. The first-order valence-corrected chi connectivity index (χ1v) is 8.76. The monoisotopic (exact) mass is 333 g/mol. The molecule has 3 nitrogen and oxygen atoms in total. The molecule has 2 rings (SSSR count). The molecule has 0 amide bonds. The van der Waals surface area contributed by atoms with E-state index >= 15 is 0 Å². The van der Waals surface area contributed by atoms with Crippen LogP contribution in [-0.4, -0.2) is 17.1 Å². The van der Waals surface area contributed by atoms with Crippen molar-refractivity contribution in [2.75, 3.05) is 0 Å². The van der Waals surface area contributed by atoms with Crippen LogP contribution in [0.5, 0.6) is 0 Å². The van der Waals surface area contributed by atoms with Gasteiger partial charge in [-0.3, -0.25) is 4.79 Å². The molecule has 0 radical (unpaired) electrons. The zero-order chi connectivity index (χ0) is 16.7. The van der Waals surface area contributed by atoms with Crippen molar-refractivity contribution in [1.82, 2.24) is 4.98 Å². The van der Waals surface area contributed by atoms with Crippen LogP contribution in [0.4, 0.5) is 0 Å². The number of ketones is 1. The summed E-state index contributed by atoms with van der Waals surface area (Å²) in [7, 11) is 0. The number of para-hydroxylation sites is 1. The summed E-state index contributed by atoms with van der Waals surface area (Å²) in [4.78, 5) is 26.2. The second kappa shape index (κ2) is 8.88. The van der Waals surface area contributed by atoms with E-state index in [1.807, 2.05) is 24.4 Å². The number of rotatable bonds is 10. The zero-order valence-electron chi connectivity index (χ0n) is 13.6. The summed E-state index contributed by atoms with van der Waals surface area (Å²) in [6, 6.07) is 5.85. The van der Waals surface area contributed by atoms with Gasteiger partial charge in [-0.15, -0.1) is 0 Å². The van der Waals surface area contributed by atoms with Gasteiger partial charge in [0, 0.05) is 30.3 Å². The Bertz CT molecular complexity index is 662. The van der Waals surface area contributed by atoms with Gasteiger partial charge in [0.25, 0.3) is 0 Å². The van der Waals surface area contributed by atoms with Gasteiger partial charge in [-0.1, -0.05) is 43.5 Å². The van der Waals surface area contributed by atoms with Crippen molar-refractivity contribution in [2.45, 2.75) is 51.9 Å². The van der Waals surface area contributed by atoms with Crippen LogP contribution in [0.25, 0.3) is 10.9 Å². The Balaban J connectivity index is 2.13. The molecule has 2 aromatic rings. The Hall–Kier alpha value is -1.61. The predicted molar refractivity (Wildman–Crippen MR) is 94.9 cm³/mol. The number of aldehydes is 1. The molecule has 0 bridgehead atoms. The predicted octanol–water partition coefficient (Wildman–Crippen LogP) is 5.11. The first-order chi connectivity index (χ1) is 11.2. The summed E-state index contributed by atoms with van der Waals surface area (Å²) in [5.74, 6) is 0.302. The maximum Gasteiger partial charge on any atom is 0.136 e. The Morgan fingerprint density at radius 1 is 1.35 bits per heavy atom. The first-order valence-electron chi connectivity index (χ1n) is 8.38. The van der Waals surface area contributed by atoms with Gasteiger partial charge in [-0.2, -0.15) is 0 Å². The third-order valence-electron chi connectivity index (χ3n) is 4.32. The van der Waals surface area contributed by atoms with E-state index in [9.17, 15) is 9.59 Å². The third-order valence-corrected chi connectivity index (χ3v) is 4.64. The molecule has 0 saturated heterocycles. The normalized spacial score (nSPS) is 12.4. The van der Waals surface area contributed by atoms with E-state index in [0.717, 1.165) is 48.4 Å². The minimum Gasteiger partial charge on any atom is -0.360 e. The molecule has 1 aromatic carbocycles. The quantitative estimate of drug-likeness (QED) is 0.485. The Morgan fingerprint density at radius 2 is 2.17 bits per heavy atom. The van der Waals surface area contributed by atoms with Gasteiger partial charge >= 0.3 is 0 Å². The van der Waals surface area contributed by atoms with Crippen molar-refractivity contribution < 1.29 is 9.59 Å². The highest BCUT2D eigenvalue weighted by Gasteiger charge is 2.20. The molecule has 0 fully saturated rings. The van der Waals surface area contributed by atoms with Crippen LogP contribution >= 0.6 is 11.6 Å². The molecule has 0 spiro atoms. The molecule has 0 saturated carbocycles. The van der Waals surface area contributed by atoms with Crippen molar-refractivity contribution in [1.29, 1.82) is 0 Å². The number of halogens is 1. The summed E-state index contributed by atoms with van der Waals surface area (Å²) in [5.41, 5.74) is 2.08. The maximum atomic E-state index is 12.5. The molecular formula is C19H24ClNO2. The number of hydrogen-bond acceptors (Lipinski definition) is 2. The van der Waals surface area contributed by atoms with Crippen molar-refractivity contribution in [3.8, 4) is 0 Å². The maximum absolute atomic E-state index is 12.5. The Labute approximate surface area is 142 Å². The highest BCUT2D eigenvalue weighted by atomic mass is 35.5. The van der Waals surface area contributed by atoms with Crippen molar-refractivity contribution in [3.05, 3.63) is 35.0 Å². The summed E-state index contributed by atoms with van der Waals surface area (Å²) in [5, 5.41) is 1.80. The standard InChI is InChI=1S/C19H24ClNO2/c1-2-3-7-14(18(23)10-4-5-11-22)12-15-13-21-19-16(15)8-6-9-17(19)20/h6,8-9,11,13-14,21H,2-5,7,10,12H2,1H3. The second-order valence-electron chi connectivity index (χ2n) is 6.04. The van der Waals surface area contributed by atoms with E-state index in [4.69, 9.17) is 11.6 Å². The lowest BCUT2D eigenvalue weighted by Crippen LogP contribution is -2.17. The summed E-state index contributed by atoms with van der Waals surface area (Å²) in [6.45, 7) is 2.14. The van der Waals surface area contributed by atoms with Crippen molar-refractivity contribution in [3.63, 3.8) is 0 Å².